The molecule has 0 unspecified atom stereocenters. The zero-order valence-corrected chi connectivity index (χ0v) is 13.3. The van der Waals surface area contributed by atoms with Crippen molar-refractivity contribution in [3.05, 3.63) is 36.7 Å². The Morgan fingerprint density at radius 3 is 2.30 bits per heavy atom. The van der Waals surface area contributed by atoms with Crippen LogP contribution in [0.2, 0.25) is 0 Å². The molecular weight excluding hydrogens is 316 g/mol. The summed E-state index contributed by atoms with van der Waals surface area (Å²) in [6, 6.07) is 6.54. The molecule has 1 aromatic heterocycles. The first-order valence-corrected chi connectivity index (χ1v) is 8.65. The fourth-order valence-electron chi connectivity index (χ4n) is 2.28. The SMILES string of the molecule is Nc1cnc(Nc2ccc(S(=O)(=O)N3CCNCC3)cc2)nc1. The Morgan fingerprint density at radius 1 is 1.09 bits per heavy atom. The summed E-state index contributed by atoms with van der Waals surface area (Å²) in [6.07, 6.45) is 3.00. The van der Waals surface area contributed by atoms with E-state index in [1.54, 1.807) is 24.3 Å². The molecule has 0 atom stereocenters. The molecule has 0 amide bonds. The lowest BCUT2D eigenvalue weighted by Gasteiger charge is -2.26. The first-order valence-electron chi connectivity index (χ1n) is 7.21. The van der Waals surface area contributed by atoms with E-state index in [4.69, 9.17) is 5.73 Å². The third-order valence-electron chi connectivity index (χ3n) is 3.50. The summed E-state index contributed by atoms with van der Waals surface area (Å²) < 4.78 is 26.6. The molecule has 4 N–H and O–H groups in total. The Labute approximate surface area is 134 Å². The van der Waals surface area contributed by atoms with Crippen LogP contribution in [0, 0.1) is 0 Å². The van der Waals surface area contributed by atoms with Crippen LogP contribution in [0.4, 0.5) is 17.3 Å². The number of piperazine rings is 1. The number of nitrogens with zero attached hydrogens (tertiary/aromatic N) is 3. The number of sulfonamides is 1. The molecule has 0 spiro atoms. The fourth-order valence-corrected chi connectivity index (χ4v) is 3.72. The van der Waals surface area contributed by atoms with Crippen molar-refractivity contribution in [1.29, 1.82) is 0 Å². The quantitative estimate of drug-likeness (QED) is 0.741. The van der Waals surface area contributed by atoms with Crippen molar-refractivity contribution in [1.82, 2.24) is 19.6 Å². The topological polar surface area (TPSA) is 113 Å². The van der Waals surface area contributed by atoms with Crippen molar-refractivity contribution < 1.29 is 8.42 Å². The van der Waals surface area contributed by atoms with Crippen LogP contribution in [-0.2, 0) is 10.0 Å². The Kier molecular flexibility index (Phi) is 4.42. The molecule has 8 nitrogen and oxygen atoms in total. The molecule has 2 heterocycles. The van der Waals surface area contributed by atoms with Gasteiger partial charge in [-0.25, -0.2) is 18.4 Å². The molecule has 9 heteroatoms. The summed E-state index contributed by atoms with van der Waals surface area (Å²) in [5.74, 6) is 0.400. The Bertz CT molecular complexity index is 755. The van der Waals surface area contributed by atoms with E-state index in [1.165, 1.54) is 16.7 Å². The lowest BCUT2D eigenvalue weighted by Crippen LogP contribution is -2.46. The van der Waals surface area contributed by atoms with Gasteiger partial charge in [-0.05, 0) is 24.3 Å². The highest BCUT2D eigenvalue weighted by atomic mass is 32.2. The molecule has 1 aliphatic heterocycles. The lowest BCUT2D eigenvalue weighted by atomic mass is 10.3. The average Bonchev–Trinajstić information content (AvgIpc) is 2.58. The molecule has 0 radical (unpaired) electrons. The number of hydrogen-bond donors (Lipinski definition) is 3. The third-order valence-corrected chi connectivity index (χ3v) is 5.41. The van der Waals surface area contributed by atoms with Gasteiger partial charge in [-0.1, -0.05) is 0 Å². The highest BCUT2D eigenvalue weighted by Gasteiger charge is 2.25. The van der Waals surface area contributed by atoms with Crippen LogP contribution in [0.15, 0.2) is 41.6 Å². The van der Waals surface area contributed by atoms with Gasteiger partial charge in [0.1, 0.15) is 0 Å². The van der Waals surface area contributed by atoms with E-state index in [2.05, 4.69) is 20.6 Å². The van der Waals surface area contributed by atoms with Crippen LogP contribution in [0.3, 0.4) is 0 Å². The standard InChI is InChI=1S/C14H18N6O2S/c15-11-9-17-14(18-10-11)19-12-1-3-13(4-2-12)23(21,22)20-7-5-16-6-8-20/h1-4,9-10,16H,5-8,15H2,(H,17,18,19). The number of rotatable bonds is 4. The van der Waals surface area contributed by atoms with Gasteiger partial charge in [-0.15, -0.1) is 0 Å². The van der Waals surface area contributed by atoms with Crippen LogP contribution in [-0.4, -0.2) is 48.9 Å². The van der Waals surface area contributed by atoms with Gasteiger partial charge >= 0.3 is 0 Å². The van der Waals surface area contributed by atoms with Gasteiger partial charge < -0.3 is 16.4 Å². The maximum atomic E-state index is 12.5. The fraction of sp³-hybridized carbons (Fsp3) is 0.286. The number of anilines is 3. The van der Waals surface area contributed by atoms with Crippen LogP contribution >= 0.6 is 0 Å². The molecule has 3 rings (SSSR count). The Balaban J connectivity index is 1.74. The zero-order chi connectivity index (χ0) is 16.3. The van der Waals surface area contributed by atoms with Gasteiger partial charge in [0.15, 0.2) is 0 Å². The Morgan fingerprint density at radius 2 is 1.70 bits per heavy atom. The van der Waals surface area contributed by atoms with Gasteiger partial charge in [0.25, 0.3) is 0 Å². The molecular formula is C14H18N6O2S. The van der Waals surface area contributed by atoms with E-state index >= 15 is 0 Å². The van der Waals surface area contributed by atoms with Crippen molar-refractivity contribution in [3.8, 4) is 0 Å². The third kappa shape index (κ3) is 3.58. The largest absolute Gasteiger partial charge is 0.396 e. The predicted octanol–water partition coefficient (Wildman–Crippen LogP) is 0.396. The highest BCUT2D eigenvalue weighted by molar-refractivity contribution is 7.89. The summed E-state index contributed by atoms with van der Waals surface area (Å²) in [6.45, 7) is 2.32. The number of nitrogens with one attached hydrogen (secondary N) is 2. The second kappa shape index (κ2) is 6.49. The summed E-state index contributed by atoms with van der Waals surface area (Å²) >= 11 is 0. The molecule has 122 valence electrons. The summed E-state index contributed by atoms with van der Waals surface area (Å²) in [7, 11) is -3.44. The zero-order valence-electron chi connectivity index (χ0n) is 12.4. The minimum atomic E-state index is -3.44. The summed E-state index contributed by atoms with van der Waals surface area (Å²) in [5.41, 5.74) is 6.71. The number of hydrogen-bond acceptors (Lipinski definition) is 7. The van der Waals surface area contributed by atoms with E-state index in [9.17, 15) is 8.42 Å². The number of nitrogen functional groups attached to an aromatic ring is 1. The van der Waals surface area contributed by atoms with E-state index < -0.39 is 10.0 Å². The maximum Gasteiger partial charge on any atom is 0.243 e. The lowest BCUT2D eigenvalue weighted by molar-refractivity contribution is 0.360. The first-order chi connectivity index (χ1) is 11.1. The van der Waals surface area contributed by atoms with Crippen LogP contribution in [0.1, 0.15) is 0 Å². The van der Waals surface area contributed by atoms with Crippen molar-refractivity contribution in [3.63, 3.8) is 0 Å². The van der Waals surface area contributed by atoms with Crippen LogP contribution < -0.4 is 16.4 Å². The minimum absolute atomic E-state index is 0.281. The van der Waals surface area contributed by atoms with Crippen molar-refractivity contribution in [2.24, 2.45) is 0 Å². The van der Waals surface area contributed by atoms with Crippen molar-refractivity contribution >= 4 is 27.3 Å². The van der Waals surface area contributed by atoms with Crippen LogP contribution in [0.5, 0.6) is 0 Å². The van der Waals surface area contributed by atoms with Gasteiger partial charge in [-0.3, -0.25) is 0 Å². The average molecular weight is 334 g/mol. The van der Waals surface area contributed by atoms with Gasteiger partial charge in [0, 0.05) is 31.9 Å². The summed E-state index contributed by atoms with van der Waals surface area (Å²) in [4.78, 5) is 8.36. The van der Waals surface area contributed by atoms with Crippen LogP contribution in [0.25, 0.3) is 0 Å². The molecule has 1 fully saturated rings. The van der Waals surface area contributed by atoms with Gasteiger partial charge in [0.05, 0.1) is 23.0 Å². The van der Waals surface area contributed by atoms with E-state index in [1.807, 2.05) is 0 Å². The maximum absolute atomic E-state index is 12.5. The van der Waals surface area contributed by atoms with Gasteiger partial charge in [0.2, 0.25) is 16.0 Å². The van der Waals surface area contributed by atoms with E-state index in [0.717, 1.165) is 0 Å². The second-order valence-corrected chi connectivity index (χ2v) is 7.08. The molecule has 0 aliphatic carbocycles. The minimum Gasteiger partial charge on any atom is -0.396 e. The number of nitrogens with two attached hydrogens (primary N) is 1. The molecule has 1 saturated heterocycles. The normalized spacial score (nSPS) is 16.2. The number of aromatic nitrogens is 2. The second-order valence-electron chi connectivity index (χ2n) is 5.14. The molecule has 23 heavy (non-hydrogen) atoms. The highest BCUT2D eigenvalue weighted by Crippen LogP contribution is 2.20. The molecule has 2 aromatic rings. The summed E-state index contributed by atoms with van der Waals surface area (Å²) in [5, 5.41) is 6.13. The smallest absolute Gasteiger partial charge is 0.243 e. The first kappa shape index (κ1) is 15.7. The predicted molar refractivity (Wildman–Crippen MR) is 87.8 cm³/mol. The molecule has 0 bridgehead atoms. The number of benzene rings is 1. The molecule has 0 saturated carbocycles. The molecule has 1 aliphatic rings. The van der Waals surface area contributed by atoms with Gasteiger partial charge in [-0.2, -0.15) is 4.31 Å². The van der Waals surface area contributed by atoms with E-state index in [0.29, 0.717) is 43.5 Å². The van der Waals surface area contributed by atoms with Crippen molar-refractivity contribution in [2.75, 3.05) is 37.2 Å². The molecule has 1 aromatic carbocycles. The monoisotopic (exact) mass is 334 g/mol. The Hall–Kier alpha value is -2.23. The van der Waals surface area contributed by atoms with Crippen molar-refractivity contribution in [2.45, 2.75) is 4.90 Å². The van der Waals surface area contributed by atoms with E-state index in [-0.39, 0.29) is 4.90 Å².